The van der Waals surface area contributed by atoms with Gasteiger partial charge in [-0.3, -0.25) is 0 Å². The molecule has 0 unspecified atom stereocenters. The van der Waals surface area contributed by atoms with Gasteiger partial charge in [-0.2, -0.15) is 0 Å². The van der Waals surface area contributed by atoms with Crippen LogP contribution in [0.1, 0.15) is 42.0 Å². The number of nitrogens with two attached hydrogens (primary N) is 1. The quantitative estimate of drug-likeness (QED) is 0.529. The fourth-order valence-electron chi connectivity index (χ4n) is 3.27. The number of carbonyl (C=O) groups excluding carboxylic acids is 1. The molecule has 0 aliphatic heterocycles. The van der Waals surface area contributed by atoms with Gasteiger partial charge in [0.1, 0.15) is 0 Å². The third-order valence-electron chi connectivity index (χ3n) is 5.24. The highest BCUT2D eigenvalue weighted by molar-refractivity contribution is 7.89. The standard InChI is InChI=1S/C25H29N3O3S/c1-18(2)22-10-12-23(13-11-22)27-25(29)28(16-20-6-4-19(3)5-7-20)17-21-8-14-24(15-9-21)32(26,30)31/h4-15,18H,16-17H2,1-3H3,(H,27,29)(H2,26,30,31). The van der Waals surface area contributed by atoms with E-state index in [0.717, 1.165) is 22.4 Å². The van der Waals surface area contributed by atoms with Crippen LogP contribution in [0, 0.1) is 6.92 Å². The molecule has 0 fully saturated rings. The first kappa shape index (κ1) is 23.5. The molecule has 0 bridgehead atoms. The van der Waals surface area contributed by atoms with Crippen molar-refractivity contribution in [3.8, 4) is 0 Å². The zero-order valence-electron chi connectivity index (χ0n) is 18.6. The summed E-state index contributed by atoms with van der Waals surface area (Å²) in [7, 11) is -3.76. The number of anilines is 1. The zero-order chi connectivity index (χ0) is 23.3. The third kappa shape index (κ3) is 6.42. The maximum absolute atomic E-state index is 13.1. The van der Waals surface area contributed by atoms with E-state index in [1.54, 1.807) is 17.0 Å². The number of rotatable bonds is 7. The predicted molar refractivity (Wildman–Crippen MR) is 128 cm³/mol. The minimum atomic E-state index is -3.76. The molecule has 0 spiro atoms. The number of nitrogens with one attached hydrogen (secondary N) is 1. The van der Waals surface area contributed by atoms with Crippen LogP contribution in [-0.2, 0) is 23.1 Å². The summed E-state index contributed by atoms with van der Waals surface area (Å²) in [6.45, 7) is 6.99. The van der Waals surface area contributed by atoms with Crippen LogP contribution >= 0.6 is 0 Å². The molecule has 7 heteroatoms. The molecule has 2 amide bonds. The van der Waals surface area contributed by atoms with Gasteiger partial charge in [-0.25, -0.2) is 18.4 Å². The highest BCUT2D eigenvalue weighted by Gasteiger charge is 2.16. The van der Waals surface area contributed by atoms with Crippen LogP contribution in [0.15, 0.2) is 77.7 Å². The van der Waals surface area contributed by atoms with E-state index in [2.05, 4.69) is 19.2 Å². The van der Waals surface area contributed by atoms with Crippen molar-refractivity contribution in [3.63, 3.8) is 0 Å². The normalized spacial score (nSPS) is 11.4. The lowest BCUT2D eigenvalue weighted by atomic mass is 10.0. The molecule has 168 valence electrons. The second-order valence-electron chi connectivity index (χ2n) is 8.24. The molecule has 0 heterocycles. The van der Waals surface area contributed by atoms with Crippen molar-refractivity contribution in [2.45, 2.75) is 44.7 Å². The number of hydrogen-bond acceptors (Lipinski definition) is 3. The zero-order valence-corrected chi connectivity index (χ0v) is 19.4. The molecule has 3 N–H and O–H groups in total. The predicted octanol–water partition coefficient (Wildman–Crippen LogP) is 5.00. The molecule has 0 aromatic heterocycles. The van der Waals surface area contributed by atoms with Gasteiger partial charge in [-0.05, 0) is 53.8 Å². The van der Waals surface area contributed by atoms with Crippen molar-refractivity contribution < 1.29 is 13.2 Å². The molecular formula is C25H29N3O3S. The lowest BCUT2D eigenvalue weighted by Crippen LogP contribution is -2.34. The number of amides is 2. The molecule has 3 aromatic rings. The lowest BCUT2D eigenvalue weighted by molar-refractivity contribution is 0.206. The maximum Gasteiger partial charge on any atom is 0.322 e. The van der Waals surface area contributed by atoms with Gasteiger partial charge in [-0.1, -0.05) is 67.9 Å². The van der Waals surface area contributed by atoms with E-state index >= 15 is 0 Å². The topological polar surface area (TPSA) is 92.5 Å². The van der Waals surface area contributed by atoms with Crippen molar-refractivity contribution >= 4 is 21.7 Å². The number of urea groups is 1. The molecule has 6 nitrogen and oxygen atoms in total. The minimum Gasteiger partial charge on any atom is -0.316 e. The average molecular weight is 452 g/mol. The SMILES string of the molecule is Cc1ccc(CN(Cc2ccc(S(N)(=O)=O)cc2)C(=O)Nc2ccc(C(C)C)cc2)cc1. The van der Waals surface area contributed by atoms with E-state index in [9.17, 15) is 13.2 Å². The molecule has 0 radical (unpaired) electrons. The van der Waals surface area contributed by atoms with Crippen LogP contribution in [-0.4, -0.2) is 19.3 Å². The summed E-state index contributed by atoms with van der Waals surface area (Å²) in [4.78, 5) is 14.9. The Labute approximate surface area is 190 Å². The third-order valence-corrected chi connectivity index (χ3v) is 6.16. The Balaban J connectivity index is 1.80. The van der Waals surface area contributed by atoms with E-state index < -0.39 is 10.0 Å². The Morgan fingerprint density at radius 2 is 1.38 bits per heavy atom. The van der Waals surface area contributed by atoms with Crippen molar-refractivity contribution in [1.29, 1.82) is 0 Å². The molecule has 0 aliphatic rings. The highest BCUT2D eigenvalue weighted by Crippen LogP contribution is 2.19. The van der Waals surface area contributed by atoms with E-state index in [4.69, 9.17) is 5.14 Å². The summed E-state index contributed by atoms with van der Waals surface area (Å²) in [5, 5.41) is 8.15. The number of sulfonamides is 1. The molecule has 3 aromatic carbocycles. The smallest absolute Gasteiger partial charge is 0.316 e. The van der Waals surface area contributed by atoms with Crippen LogP contribution in [0.2, 0.25) is 0 Å². The van der Waals surface area contributed by atoms with Crippen molar-refractivity contribution in [2.24, 2.45) is 5.14 Å². The Morgan fingerprint density at radius 3 is 1.84 bits per heavy atom. The molecule has 0 saturated heterocycles. The summed E-state index contributed by atoms with van der Waals surface area (Å²) < 4.78 is 23.0. The van der Waals surface area contributed by atoms with Gasteiger partial charge < -0.3 is 10.2 Å². The molecule has 32 heavy (non-hydrogen) atoms. The van der Waals surface area contributed by atoms with Gasteiger partial charge >= 0.3 is 6.03 Å². The largest absolute Gasteiger partial charge is 0.322 e. The fourth-order valence-corrected chi connectivity index (χ4v) is 3.79. The van der Waals surface area contributed by atoms with Crippen molar-refractivity contribution in [1.82, 2.24) is 4.90 Å². The Kier molecular flexibility index (Phi) is 7.33. The first-order valence-electron chi connectivity index (χ1n) is 10.4. The average Bonchev–Trinajstić information content (AvgIpc) is 2.75. The van der Waals surface area contributed by atoms with Crippen molar-refractivity contribution in [3.05, 3.63) is 95.1 Å². The van der Waals surface area contributed by atoms with Crippen LogP contribution in [0.5, 0.6) is 0 Å². The number of hydrogen-bond donors (Lipinski definition) is 2. The minimum absolute atomic E-state index is 0.0426. The van der Waals surface area contributed by atoms with Gasteiger partial charge in [0.05, 0.1) is 4.90 Å². The van der Waals surface area contributed by atoms with Gasteiger partial charge in [0.2, 0.25) is 10.0 Å². The Hall–Kier alpha value is -3.16. The molecule has 0 aliphatic carbocycles. The van der Waals surface area contributed by atoms with E-state index in [1.807, 2.05) is 55.5 Å². The van der Waals surface area contributed by atoms with Crippen LogP contribution in [0.25, 0.3) is 0 Å². The van der Waals surface area contributed by atoms with Gasteiger partial charge in [0.15, 0.2) is 0 Å². The number of nitrogens with zero attached hydrogens (tertiary/aromatic N) is 1. The van der Waals surface area contributed by atoms with Crippen LogP contribution < -0.4 is 10.5 Å². The number of aryl methyl sites for hydroxylation is 1. The second kappa shape index (κ2) is 9.97. The number of carbonyl (C=O) groups is 1. The lowest BCUT2D eigenvalue weighted by Gasteiger charge is -2.24. The first-order valence-corrected chi connectivity index (χ1v) is 12.0. The highest BCUT2D eigenvalue weighted by atomic mass is 32.2. The molecule has 3 rings (SSSR count). The van der Waals surface area contributed by atoms with Gasteiger partial charge in [0, 0.05) is 18.8 Å². The van der Waals surface area contributed by atoms with Gasteiger partial charge in [-0.15, -0.1) is 0 Å². The molecule has 0 atom stereocenters. The molecular weight excluding hydrogens is 422 g/mol. The van der Waals surface area contributed by atoms with E-state index in [0.29, 0.717) is 19.0 Å². The maximum atomic E-state index is 13.1. The van der Waals surface area contributed by atoms with E-state index in [-0.39, 0.29) is 10.9 Å². The van der Waals surface area contributed by atoms with Crippen LogP contribution in [0.3, 0.4) is 0 Å². The first-order chi connectivity index (χ1) is 15.1. The molecule has 0 saturated carbocycles. The Morgan fingerprint density at radius 1 is 0.875 bits per heavy atom. The number of benzene rings is 3. The summed E-state index contributed by atoms with van der Waals surface area (Å²) in [6.07, 6.45) is 0. The van der Waals surface area contributed by atoms with Crippen LogP contribution in [0.4, 0.5) is 10.5 Å². The summed E-state index contributed by atoms with van der Waals surface area (Å²) in [5.41, 5.74) is 4.87. The second-order valence-corrected chi connectivity index (χ2v) is 9.80. The van der Waals surface area contributed by atoms with Gasteiger partial charge in [0.25, 0.3) is 0 Å². The van der Waals surface area contributed by atoms with Crippen molar-refractivity contribution in [2.75, 3.05) is 5.32 Å². The van der Waals surface area contributed by atoms with E-state index in [1.165, 1.54) is 17.7 Å². The fraction of sp³-hybridized carbons (Fsp3) is 0.240. The summed E-state index contributed by atoms with van der Waals surface area (Å²) in [5.74, 6) is 0.415. The monoisotopic (exact) mass is 451 g/mol. The number of primary sulfonamides is 1. The summed E-state index contributed by atoms with van der Waals surface area (Å²) >= 11 is 0. The summed E-state index contributed by atoms with van der Waals surface area (Å²) in [6, 6.07) is 21.9. The Bertz CT molecular complexity index is 1150.